The zero-order chi connectivity index (χ0) is 18.0. The Balaban J connectivity index is 1.83. The number of likely N-dealkylation sites (tertiary alicyclic amines) is 1. The number of aliphatic carboxylic acids is 1. The summed E-state index contributed by atoms with van der Waals surface area (Å²) in [5.41, 5.74) is 2.50. The molecule has 1 N–H and O–H groups in total. The highest BCUT2D eigenvalue weighted by Crippen LogP contribution is 2.35. The average molecular weight is 358 g/mol. The van der Waals surface area contributed by atoms with E-state index in [2.05, 4.69) is 11.9 Å². The van der Waals surface area contributed by atoms with Crippen LogP contribution in [0.3, 0.4) is 0 Å². The zero-order valence-corrected chi connectivity index (χ0v) is 15.3. The monoisotopic (exact) mass is 358 g/mol. The average Bonchev–Trinajstić information content (AvgIpc) is 3.22. The quantitative estimate of drug-likeness (QED) is 0.890. The molecular formula is C19H22N2O3S. The van der Waals surface area contributed by atoms with Crippen LogP contribution in [0.5, 0.6) is 0 Å². The van der Waals surface area contributed by atoms with E-state index in [4.69, 9.17) is 0 Å². The Morgan fingerprint density at radius 2 is 2.08 bits per heavy atom. The molecule has 0 radical (unpaired) electrons. The highest BCUT2D eigenvalue weighted by molar-refractivity contribution is 7.09. The van der Waals surface area contributed by atoms with E-state index in [-0.39, 0.29) is 18.4 Å². The van der Waals surface area contributed by atoms with Crippen molar-refractivity contribution in [3.05, 3.63) is 51.5 Å². The summed E-state index contributed by atoms with van der Waals surface area (Å²) in [7, 11) is 0. The topological polar surface area (TPSA) is 70.5 Å². The largest absolute Gasteiger partial charge is 0.481 e. The number of carbonyl (C=O) groups is 2. The lowest BCUT2D eigenvalue weighted by atomic mass is 9.86. The number of thiazole rings is 1. The first kappa shape index (κ1) is 17.6. The van der Waals surface area contributed by atoms with Gasteiger partial charge in [0.05, 0.1) is 10.9 Å². The zero-order valence-electron chi connectivity index (χ0n) is 14.4. The lowest BCUT2D eigenvalue weighted by molar-refractivity contribution is -0.141. The summed E-state index contributed by atoms with van der Waals surface area (Å²) in [6.45, 7) is 4.71. The summed E-state index contributed by atoms with van der Waals surface area (Å²) in [6.07, 6.45) is 1.85. The third kappa shape index (κ3) is 3.58. The Labute approximate surface area is 151 Å². The Morgan fingerprint density at radius 1 is 1.32 bits per heavy atom. The Hall–Kier alpha value is -2.21. The van der Waals surface area contributed by atoms with Crippen LogP contribution in [0, 0.1) is 12.8 Å². The van der Waals surface area contributed by atoms with Crippen LogP contribution in [0.15, 0.2) is 29.6 Å². The van der Waals surface area contributed by atoms with Gasteiger partial charge < -0.3 is 10.0 Å². The van der Waals surface area contributed by atoms with E-state index in [9.17, 15) is 14.7 Å². The predicted molar refractivity (Wildman–Crippen MR) is 97.1 cm³/mol. The van der Waals surface area contributed by atoms with Crippen molar-refractivity contribution >= 4 is 23.2 Å². The molecule has 0 saturated carbocycles. The number of amides is 1. The molecule has 0 unspecified atom stereocenters. The van der Waals surface area contributed by atoms with Crippen molar-refractivity contribution in [2.75, 3.05) is 13.1 Å². The fraction of sp³-hybridized carbons (Fsp3) is 0.421. The van der Waals surface area contributed by atoms with Crippen molar-refractivity contribution in [2.24, 2.45) is 5.92 Å². The number of hydrogen-bond donors (Lipinski definition) is 1. The molecule has 1 aliphatic heterocycles. The number of carbonyl (C=O) groups excluding carboxylic acids is 1. The summed E-state index contributed by atoms with van der Waals surface area (Å²) in [5.74, 6) is -1.79. The molecule has 6 heteroatoms. The van der Waals surface area contributed by atoms with E-state index >= 15 is 0 Å². The van der Waals surface area contributed by atoms with Crippen LogP contribution in [-0.2, 0) is 11.2 Å². The normalized spacial score (nSPS) is 20.0. The van der Waals surface area contributed by atoms with E-state index in [1.54, 1.807) is 10.3 Å². The number of carboxylic acid groups (broad SMARTS) is 1. The molecule has 1 amide bonds. The van der Waals surface area contributed by atoms with Gasteiger partial charge in [0, 0.05) is 24.4 Å². The molecule has 0 bridgehead atoms. The van der Waals surface area contributed by atoms with E-state index in [1.165, 1.54) is 11.3 Å². The number of benzene rings is 1. The number of hydrogen-bond acceptors (Lipinski definition) is 4. The van der Waals surface area contributed by atoms with Gasteiger partial charge in [-0.3, -0.25) is 9.59 Å². The Bertz CT molecular complexity index is 786. The third-order valence-corrected chi connectivity index (χ3v) is 5.66. The number of carboxylic acids is 1. The predicted octanol–water partition coefficient (Wildman–Crippen LogP) is 3.34. The van der Waals surface area contributed by atoms with Crippen LogP contribution in [0.1, 0.15) is 45.9 Å². The van der Waals surface area contributed by atoms with Crippen LogP contribution in [0.25, 0.3) is 0 Å². The summed E-state index contributed by atoms with van der Waals surface area (Å²) < 4.78 is 0. The van der Waals surface area contributed by atoms with Crippen molar-refractivity contribution in [3.8, 4) is 0 Å². The van der Waals surface area contributed by atoms with Gasteiger partial charge in [-0.2, -0.15) is 0 Å². The van der Waals surface area contributed by atoms with E-state index in [0.717, 1.165) is 29.0 Å². The maximum absolute atomic E-state index is 12.8. The molecule has 132 valence electrons. The van der Waals surface area contributed by atoms with E-state index < -0.39 is 11.9 Å². The maximum Gasteiger partial charge on any atom is 0.308 e. The number of aromatic nitrogens is 1. The molecule has 0 aliphatic carbocycles. The molecule has 25 heavy (non-hydrogen) atoms. The van der Waals surface area contributed by atoms with Crippen LogP contribution >= 0.6 is 11.3 Å². The van der Waals surface area contributed by atoms with E-state index in [1.807, 2.05) is 31.2 Å². The van der Waals surface area contributed by atoms with Gasteiger partial charge in [0.2, 0.25) is 0 Å². The maximum atomic E-state index is 12.8. The van der Waals surface area contributed by atoms with Gasteiger partial charge in [0.25, 0.3) is 5.91 Å². The smallest absolute Gasteiger partial charge is 0.308 e. The Kier molecular flexibility index (Phi) is 5.18. The molecule has 0 spiro atoms. The number of aryl methyl sites for hydroxylation is 2. The van der Waals surface area contributed by atoms with Gasteiger partial charge in [0.15, 0.2) is 0 Å². The van der Waals surface area contributed by atoms with Crippen molar-refractivity contribution in [1.29, 1.82) is 0 Å². The summed E-state index contributed by atoms with van der Waals surface area (Å²) in [4.78, 5) is 30.6. The van der Waals surface area contributed by atoms with Gasteiger partial charge in [-0.1, -0.05) is 31.2 Å². The van der Waals surface area contributed by atoms with Crippen molar-refractivity contribution < 1.29 is 14.7 Å². The molecule has 2 aromatic rings. The second-order valence-electron chi connectivity index (χ2n) is 6.49. The first-order valence-electron chi connectivity index (χ1n) is 8.53. The SMILES string of the molecule is CCCc1nc(C(=O)N2C[C@@H](C(=O)O)[C@H](c3ccccc3C)C2)cs1. The standard InChI is InChI=1S/C19H22N2O3S/c1-3-6-17-20-16(11-25-17)18(22)21-9-14(15(10-21)19(23)24)13-8-5-4-7-12(13)2/h4-5,7-8,11,14-15H,3,6,9-10H2,1-2H3,(H,23,24)/t14-,15+/m0/s1. The lowest BCUT2D eigenvalue weighted by Gasteiger charge is -2.17. The highest BCUT2D eigenvalue weighted by Gasteiger charge is 2.41. The van der Waals surface area contributed by atoms with Crippen molar-refractivity contribution in [1.82, 2.24) is 9.88 Å². The summed E-state index contributed by atoms with van der Waals surface area (Å²) >= 11 is 1.49. The molecule has 1 aromatic carbocycles. The molecule has 1 fully saturated rings. The highest BCUT2D eigenvalue weighted by atomic mass is 32.1. The fourth-order valence-electron chi connectivity index (χ4n) is 3.44. The fourth-order valence-corrected chi connectivity index (χ4v) is 4.31. The molecular weight excluding hydrogens is 336 g/mol. The minimum atomic E-state index is -0.853. The van der Waals surface area contributed by atoms with Gasteiger partial charge in [-0.25, -0.2) is 4.98 Å². The van der Waals surface area contributed by atoms with Crippen molar-refractivity contribution in [3.63, 3.8) is 0 Å². The molecule has 2 atom stereocenters. The first-order chi connectivity index (χ1) is 12.0. The van der Waals surface area contributed by atoms with Crippen LogP contribution in [0.2, 0.25) is 0 Å². The second kappa shape index (κ2) is 7.35. The molecule has 5 nitrogen and oxygen atoms in total. The molecule has 3 rings (SSSR count). The molecule has 1 aromatic heterocycles. The number of rotatable bonds is 5. The second-order valence-corrected chi connectivity index (χ2v) is 7.44. The third-order valence-electron chi connectivity index (χ3n) is 4.75. The molecule has 1 aliphatic rings. The minimum Gasteiger partial charge on any atom is -0.481 e. The summed E-state index contributed by atoms with van der Waals surface area (Å²) in [6, 6.07) is 7.81. The minimum absolute atomic E-state index is 0.166. The van der Waals surface area contributed by atoms with Gasteiger partial charge >= 0.3 is 5.97 Å². The lowest BCUT2D eigenvalue weighted by Crippen LogP contribution is -2.30. The molecule has 2 heterocycles. The van der Waals surface area contributed by atoms with Gasteiger partial charge in [-0.05, 0) is 30.9 Å². The van der Waals surface area contributed by atoms with Gasteiger partial charge in [0.1, 0.15) is 5.69 Å². The van der Waals surface area contributed by atoms with Crippen LogP contribution < -0.4 is 0 Å². The first-order valence-corrected chi connectivity index (χ1v) is 9.41. The summed E-state index contributed by atoms with van der Waals surface area (Å²) in [5, 5.41) is 12.4. The van der Waals surface area contributed by atoms with Crippen LogP contribution in [-0.4, -0.2) is 40.0 Å². The van der Waals surface area contributed by atoms with E-state index in [0.29, 0.717) is 12.2 Å². The molecule has 1 saturated heterocycles. The van der Waals surface area contributed by atoms with Gasteiger partial charge in [-0.15, -0.1) is 11.3 Å². The van der Waals surface area contributed by atoms with Crippen molar-refractivity contribution in [2.45, 2.75) is 32.6 Å². The Morgan fingerprint density at radius 3 is 2.76 bits per heavy atom. The van der Waals surface area contributed by atoms with Crippen LogP contribution in [0.4, 0.5) is 0 Å². The number of nitrogens with zero attached hydrogens (tertiary/aromatic N) is 2.